The molecule has 1 aliphatic rings. The third-order valence-electron chi connectivity index (χ3n) is 4.05. The van der Waals surface area contributed by atoms with E-state index in [1.165, 1.54) is 0 Å². The number of carbonyl (C=O) groups excluding carboxylic acids is 2. The van der Waals surface area contributed by atoms with Gasteiger partial charge in [0.15, 0.2) is 0 Å². The Hall–Kier alpha value is -2.40. The second-order valence-corrected chi connectivity index (χ2v) is 6.63. The summed E-state index contributed by atoms with van der Waals surface area (Å²) in [5, 5.41) is 6.97. The highest BCUT2D eigenvalue weighted by Gasteiger charge is 2.24. The first-order chi connectivity index (χ1) is 11.7. The number of rotatable bonds is 4. The predicted octanol–water partition coefficient (Wildman–Crippen LogP) is 3.18. The summed E-state index contributed by atoms with van der Waals surface area (Å²) in [6.45, 7) is 1.30. The van der Waals surface area contributed by atoms with Gasteiger partial charge in [-0.2, -0.15) is 11.3 Å². The Morgan fingerprint density at radius 2 is 2.04 bits per heavy atom. The monoisotopic (exact) mass is 340 g/mol. The molecule has 0 aliphatic carbocycles. The third kappa shape index (κ3) is 4.32. The average Bonchev–Trinajstić information content (AvgIpc) is 3.14. The van der Waals surface area contributed by atoms with Crippen LogP contribution in [0.1, 0.15) is 28.8 Å². The van der Waals surface area contributed by atoms with Crippen LogP contribution in [-0.2, 0) is 4.79 Å². The van der Waals surface area contributed by atoms with E-state index in [-0.39, 0.29) is 17.9 Å². The van der Waals surface area contributed by atoms with Gasteiger partial charge in [-0.3, -0.25) is 9.59 Å². The van der Waals surface area contributed by atoms with Crippen LogP contribution in [0.3, 0.4) is 0 Å². The standard InChI is InChI=1S/C19H20N2O2S/c22-18(9-8-15-10-12-24-14-15)20-17-7-4-11-21(13-17)19(23)16-5-2-1-3-6-16/h1-3,5-6,8-10,12,14,17H,4,7,11,13H2,(H,20,22)/b9-8+. The van der Waals surface area contributed by atoms with Gasteiger partial charge in [-0.25, -0.2) is 0 Å². The van der Waals surface area contributed by atoms with Crippen molar-refractivity contribution in [2.24, 2.45) is 0 Å². The van der Waals surface area contributed by atoms with Crippen LogP contribution in [0, 0.1) is 0 Å². The van der Waals surface area contributed by atoms with Crippen LogP contribution in [0.2, 0.25) is 0 Å². The van der Waals surface area contributed by atoms with Crippen LogP contribution in [-0.4, -0.2) is 35.8 Å². The van der Waals surface area contributed by atoms with Gasteiger partial charge in [-0.05, 0) is 53.4 Å². The molecule has 1 atom stereocenters. The second-order valence-electron chi connectivity index (χ2n) is 5.85. The van der Waals surface area contributed by atoms with Crippen molar-refractivity contribution in [3.8, 4) is 0 Å². The van der Waals surface area contributed by atoms with Gasteiger partial charge in [0.25, 0.3) is 5.91 Å². The van der Waals surface area contributed by atoms with E-state index in [1.54, 1.807) is 17.4 Å². The van der Waals surface area contributed by atoms with Crippen molar-refractivity contribution in [1.82, 2.24) is 10.2 Å². The Kier molecular flexibility index (Phi) is 5.43. The number of benzene rings is 1. The fraction of sp³-hybridized carbons (Fsp3) is 0.263. The smallest absolute Gasteiger partial charge is 0.253 e. The van der Waals surface area contributed by atoms with E-state index < -0.39 is 0 Å². The van der Waals surface area contributed by atoms with Crippen LogP contribution < -0.4 is 5.32 Å². The lowest BCUT2D eigenvalue weighted by atomic mass is 10.0. The van der Waals surface area contributed by atoms with Gasteiger partial charge in [0.05, 0.1) is 0 Å². The molecule has 4 nitrogen and oxygen atoms in total. The number of amides is 2. The molecule has 1 aromatic carbocycles. The summed E-state index contributed by atoms with van der Waals surface area (Å²) < 4.78 is 0. The van der Waals surface area contributed by atoms with E-state index in [4.69, 9.17) is 0 Å². The summed E-state index contributed by atoms with van der Waals surface area (Å²) >= 11 is 1.60. The first kappa shape index (κ1) is 16.5. The summed E-state index contributed by atoms with van der Waals surface area (Å²) in [6, 6.07) is 11.3. The molecule has 2 heterocycles. The Morgan fingerprint density at radius 1 is 1.21 bits per heavy atom. The summed E-state index contributed by atoms with van der Waals surface area (Å²) in [6.07, 6.45) is 5.16. The van der Waals surface area contributed by atoms with Crippen molar-refractivity contribution < 1.29 is 9.59 Å². The summed E-state index contributed by atoms with van der Waals surface area (Å²) in [5.41, 5.74) is 1.72. The minimum Gasteiger partial charge on any atom is -0.348 e. The van der Waals surface area contributed by atoms with Crippen molar-refractivity contribution in [3.05, 3.63) is 64.4 Å². The number of carbonyl (C=O) groups is 2. The van der Waals surface area contributed by atoms with Gasteiger partial charge in [0, 0.05) is 30.8 Å². The second kappa shape index (κ2) is 7.93. The number of piperidine rings is 1. The van der Waals surface area contributed by atoms with E-state index in [0.717, 1.165) is 24.9 Å². The summed E-state index contributed by atoms with van der Waals surface area (Å²) in [7, 11) is 0. The quantitative estimate of drug-likeness (QED) is 0.869. The molecule has 0 saturated carbocycles. The SMILES string of the molecule is O=C(/C=C/c1ccsc1)NC1CCCN(C(=O)c2ccccc2)C1. The maximum atomic E-state index is 12.5. The van der Waals surface area contributed by atoms with Crippen molar-refractivity contribution in [2.45, 2.75) is 18.9 Å². The molecule has 0 bridgehead atoms. The zero-order valence-electron chi connectivity index (χ0n) is 13.4. The molecule has 2 amide bonds. The zero-order valence-corrected chi connectivity index (χ0v) is 14.2. The van der Waals surface area contributed by atoms with E-state index in [1.807, 2.05) is 58.1 Å². The molecule has 1 unspecified atom stereocenters. The number of nitrogens with zero attached hydrogens (tertiary/aromatic N) is 1. The average molecular weight is 340 g/mol. The highest BCUT2D eigenvalue weighted by atomic mass is 32.1. The highest BCUT2D eigenvalue weighted by molar-refractivity contribution is 7.08. The molecule has 0 spiro atoms. The van der Waals surface area contributed by atoms with Gasteiger partial charge in [0.1, 0.15) is 0 Å². The number of hydrogen-bond acceptors (Lipinski definition) is 3. The van der Waals surface area contributed by atoms with Crippen LogP contribution >= 0.6 is 11.3 Å². The minimum absolute atomic E-state index is 0.00559. The lowest BCUT2D eigenvalue weighted by Gasteiger charge is -2.33. The summed E-state index contributed by atoms with van der Waals surface area (Å²) in [5.74, 6) is -0.0800. The summed E-state index contributed by atoms with van der Waals surface area (Å²) in [4.78, 5) is 26.4. The molecule has 1 saturated heterocycles. The van der Waals surface area contributed by atoms with Gasteiger partial charge in [-0.1, -0.05) is 18.2 Å². The number of thiophene rings is 1. The Balaban J connectivity index is 1.55. The lowest BCUT2D eigenvalue weighted by molar-refractivity contribution is -0.117. The van der Waals surface area contributed by atoms with E-state index in [9.17, 15) is 9.59 Å². The number of hydrogen-bond donors (Lipinski definition) is 1. The van der Waals surface area contributed by atoms with Crippen LogP contribution in [0.4, 0.5) is 0 Å². The van der Waals surface area contributed by atoms with Crippen molar-refractivity contribution >= 4 is 29.2 Å². The van der Waals surface area contributed by atoms with Crippen molar-refractivity contribution in [2.75, 3.05) is 13.1 Å². The molecule has 0 radical (unpaired) electrons. The number of nitrogens with one attached hydrogen (secondary N) is 1. The van der Waals surface area contributed by atoms with E-state index in [2.05, 4.69) is 5.32 Å². The topological polar surface area (TPSA) is 49.4 Å². The molecule has 1 N–H and O–H groups in total. The molecule has 3 rings (SSSR count). The molecule has 124 valence electrons. The molecule has 5 heteroatoms. The Bertz CT molecular complexity index is 710. The first-order valence-electron chi connectivity index (χ1n) is 8.07. The van der Waals surface area contributed by atoms with Crippen molar-refractivity contribution in [1.29, 1.82) is 0 Å². The highest BCUT2D eigenvalue weighted by Crippen LogP contribution is 2.14. The van der Waals surface area contributed by atoms with Gasteiger partial charge < -0.3 is 10.2 Å². The minimum atomic E-state index is -0.111. The molecular formula is C19H20N2O2S. The lowest BCUT2D eigenvalue weighted by Crippen LogP contribution is -2.49. The fourth-order valence-corrected chi connectivity index (χ4v) is 3.46. The van der Waals surface area contributed by atoms with Gasteiger partial charge in [-0.15, -0.1) is 0 Å². The third-order valence-corrected chi connectivity index (χ3v) is 4.75. The zero-order chi connectivity index (χ0) is 16.8. The maximum absolute atomic E-state index is 12.5. The van der Waals surface area contributed by atoms with Gasteiger partial charge in [0.2, 0.25) is 5.91 Å². The van der Waals surface area contributed by atoms with Crippen molar-refractivity contribution in [3.63, 3.8) is 0 Å². The Morgan fingerprint density at radius 3 is 2.79 bits per heavy atom. The van der Waals surface area contributed by atoms with E-state index >= 15 is 0 Å². The van der Waals surface area contributed by atoms with Crippen LogP contribution in [0.25, 0.3) is 6.08 Å². The molecule has 1 aliphatic heterocycles. The Labute approximate surface area is 145 Å². The maximum Gasteiger partial charge on any atom is 0.253 e. The molecule has 2 aromatic rings. The first-order valence-corrected chi connectivity index (χ1v) is 9.02. The molecular weight excluding hydrogens is 320 g/mol. The van der Waals surface area contributed by atoms with Crippen LogP contribution in [0.15, 0.2) is 53.2 Å². The normalized spacial score (nSPS) is 17.8. The fourth-order valence-electron chi connectivity index (χ4n) is 2.83. The predicted molar refractivity (Wildman–Crippen MR) is 96.9 cm³/mol. The molecule has 24 heavy (non-hydrogen) atoms. The largest absolute Gasteiger partial charge is 0.348 e. The van der Waals surface area contributed by atoms with Crippen LogP contribution in [0.5, 0.6) is 0 Å². The molecule has 1 aromatic heterocycles. The van der Waals surface area contributed by atoms with E-state index in [0.29, 0.717) is 12.1 Å². The molecule has 1 fully saturated rings. The van der Waals surface area contributed by atoms with Gasteiger partial charge >= 0.3 is 0 Å². The number of likely N-dealkylation sites (tertiary alicyclic amines) is 1.